The summed E-state index contributed by atoms with van der Waals surface area (Å²) in [6, 6.07) is 8.68. The van der Waals surface area contributed by atoms with E-state index in [1.54, 1.807) is 12.1 Å². The highest BCUT2D eigenvalue weighted by molar-refractivity contribution is 6.42. The minimum atomic E-state index is -0.393. The van der Waals surface area contributed by atoms with E-state index in [0.717, 1.165) is 21.9 Å². The zero-order valence-electron chi connectivity index (χ0n) is 12.9. The van der Waals surface area contributed by atoms with Crippen molar-refractivity contribution < 1.29 is 4.42 Å². The second kappa shape index (κ2) is 4.94. The molecule has 0 atom stereocenters. The van der Waals surface area contributed by atoms with Crippen LogP contribution in [0.15, 0.2) is 39.5 Å². The van der Waals surface area contributed by atoms with E-state index in [1.807, 2.05) is 19.1 Å². The predicted molar refractivity (Wildman–Crippen MR) is 99.7 cm³/mol. The fraction of sp³-hybridized carbons (Fsp3) is 0.0556. The Morgan fingerprint density at radius 2 is 1.76 bits per heavy atom. The van der Waals surface area contributed by atoms with Crippen LogP contribution in [0.1, 0.15) is 5.56 Å². The molecule has 0 bridgehead atoms. The molecular formula is C18H9Cl2N3O2. The molecule has 3 heterocycles. The van der Waals surface area contributed by atoms with Crippen LogP contribution in [-0.4, -0.2) is 15.0 Å². The highest BCUT2D eigenvalue weighted by Gasteiger charge is 2.15. The minimum Gasteiger partial charge on any atom is -0.422 e. The van der Waals surface area contributed by atoms with Crippen molar-refractivity contribution in [2.75, 3.05) is 0 Å². The van der Waals surface area contributed by atoms with Gasteiger partial charge in [-0.15, -0.1) is 0 Å². The first kappa shape index (κ1) is 14.7. The predicted octanol–water partition coefficient (Wildman–Crippen LogP) is 4.99. The quantitative estimate of drug-likeness (QED) is 0.390. The maximum atomic E-state index is 11.9. The van der Waals surface area contributed by atoms with Crippen LogP contribution in [-0.2, 0) is 0 Å². The molecule has 7 heteroatoms. The smallest absolute Gasteiger partial charge is 0.336 e. The number of benzene rings is 2. The largest absolute Gasteiger partial charge is 0.422 e. The van der Waals surface area contributed by atoms with Gasteiger partial charge in [-0.2, -0.15) is 0 Å². The lowest BCUT2D eigenvalue weighted by Gasteiger charge is -2.02. The number of hydrogen-bond acceptors (Lipinski definition) is 4. The van der Waals surface area contributed by atoms with Crippen molar-refractivity contribution in [1.29, 1.82) is 0 Å². The molecule has 0 aliphatic rings. The summed E-state index contributed by atoms with van der Waals surface area (Å²) in [5, 5.41) is 2.43. The van der Waals surface area contributed by atoms with Gasteiger partial charge in [-0.1, -0.05) is 23.2 Å². The Kier molecular flexibility index (Phi) is 2.90. The molecule has 25 heavy (non-hydrogen) atoms. The second-order valence-electron chi connectivity index (χ2n) is 5.91. The van der Waals surface area contributed by atoms with Gasteiger partial charge in [-0.25, -0.2) is 14.8 Å². The third-order valence-electron chi connectivity index (χ3n) is 4.32. The molecule has 0 spiro atoms. The molecule has 3 aromatic heterocycles. The van der Waals surface area contributed by atoms with Gasteiger partial charge < -0.3 is 9.40 Å². The van der Waals surface area contributed by atoms with Crippen LogP contribution in [0.4, 0.5) is 0 Å². The van der Waals surface area contributed by atoms with Crippen LogP contribution in [0.3, 0.4) is 0 Å². The molecule has 0 amide bonds. The number of aromatic nitrogens is 3. The van der Waals surface area contributed by atoms with E-state index in [9.17, 15) is 4.79 Å². The van der Waals surface area contributed by atoms with Crippen molar-refractivity contribution >= 4 is 67.3 Å². The normalized spacial score (nSPS) is 12.0. The maximum Gasteiger partial charge on any atom is 0.336 e. The lowest BCUT2D eigenvalue weighted by molar-refractivity contribution is 0.563. The van der Waals surface area contributed by atoms with Crippen LogP contribution >= 0.6 is 23.2 Å². The average molecular weight is 370 g/mol. The lowest BCUT2D eigenvalue weighted by atomic mass is 10.1. The van der Waals surface area contributed by atoms with Crippen molar-refractivity contribution in [3.8, 4) is 0 Å². The first-order chi connectivity index (χ1) is 12.0. The number of fused-ring (bicyclic) bond motifs is 6. The highest BCUT2D eigenvalue weighted by Crippen LogP contribution is 2.33. The van der Waals surface area contributed by atoms with Gasteiger partial charge in [0.25, 0.3) is 0 Å². The van der Waals surface area contributed by atoms with E-state index in [0.29, 0.717) is 37.8 Å². The van der Waals surface area contributed by atoms with Gasteiger partial charge in [0.05, 0.1) is 32.0 Å². The molecule has 1 N–H and O–H groups in total. The van der Waals surface area contributed by atoms with Crippen LogP contribution in [0.5, 0.6) is 0 Å². The zero-order chi connectivity index (χ0) is 17.3. The molecule has 5 aromatic rings. The van der Waals surface area contributed by atoms with Gasteiger partial charge in [-0.05, 0) is 36.8 Å². The van der Waals surface area contributed by atoms with Crippen molar-refractivity contribution in [2.45, 2.75) is 6.92 Å². The van der Waals surface area contributed by atoms with Crippen molar-refractivity contribution in [3.05, 3.63) is 56.4 Å². The molecular weight excluding hydrogens is 361 g/mol. The number of aryl methyl sites for hydroxylation is 1. The van der Waals surface area contributed by atoms with Crippen LogP contribution in [0.25, 0.3) is 44.1 Å². The Balaban J connectivity index is 2.04. The van der Waals surface area contributed by atoms with Crippen LogP contribution < -0.4 is 5.63 Å². The van der Waals surface area contributed by atoms with Crippen molar-refractivity contribution in [1.82, 2.24) is 15.0 Å². The Morgan fingerprint density at radius 3 is 2.52 bits per heavy atom. The van der Waals surface area contributed by atoms with E-state index in [-0.39, 0.29) is 0 Å². The summed E-state index contributed by atoms with van der Waals surface area (Å²) >= 11 is 12.2. The Bertz CT molecular complexity index is 1400. The fourth-order valence-electron chi connectivity index (χ4n) is 3.16. The molecule has 0 aliphatic heterocycles. The lowest BCUT2D eigenvalue weighted by Crippen LogP contribution is -1.98. The van der Waals surface area contributed by atoms with E-state index in [4.69, 9.17) is 27.6 Å². The van der Waals surface area contributed by atoms with Gasteiger partial charge >= 0.3 is 5.63 Å². The SMILES string of the molecule is Cc1cc(=O)oc2c1ccc1[nH]c3nc4cc(Cl)c(Cl)cc4nc3c12. The maximum absolute atomic E-state index is 11.9. The van der Waals surface area contributed by atoms with E-state index < -0.39 is 5.63 Å². The number of H-pyrrole nitrogens is 1. The third kappa shape index (κ3) is 2.06. The number of hydrogen-bond donors (Lipinski definition) is 1. The summed E-state index contributed by atoms with van der Waals surface area (Å²) in [5.74, 6) is 0. The molecule has 122 valence electrons. The second-order valence-corrected chi connectivity index (χ2v) is 6.73. The molecule has 2 aromatic carbocycles. The molecule has 0 unspecified atom stereocenters. The van der Waals surface area contributed by atoms with Gasteiger partial charge in [0.2, 0.25) is 0 Å². The van der Waals surface area contributed by atoms with Gasteiger partial charge in [0, 0.05) is 11.5 Å². The van der Waals surface area contributed by atoms with E-state index in [1.165, 1.54) is 6.07 Å². The van der Waals surface area contributed by atoms with Gasteiger partial charge in [0.1, 0.15) is 11.1 Å². The number of rotatable bonds is 0. The number of halogens is 2. The summed E-state index contributed by atoms with van der Waals surface area (Å²) < 4.78 is 5.49. The van der Waals surface area contributed by atoms with Crippen molar-refractivity contribution in [3.63, 3.8) is 0 Å². The van der Waals surface area contributed by atoms with E-state index >= 15 is 0 Å². The Hall–Kier alpha value is -2.63. The molecule has 0 aliphatic carbocycles. The van der Waals surface area contributed by atoms with E-state index in [2.05, 4.69) is 15.0 Å². The molecule has 5 rings (SSSR count). The molecule has 5 nitrogen and oxygen atoms in total. The minimum absolute atomic E-state index is 0.393. The number of nitrogens with zero attached hydrogens (tertiary/aromatic N) is 2. The summed E-state index contributed by atoms with van der Waals surface area (Å²) in [7, 11) is 0. The first-order valence-electron chi connectivity index (χ1n) is 7.53. The standard InChI is InChI=1S/C18H9Cl2N3O2/c1-7-4-14(24)25-17-8(7)2-3-11-15(17)16-18(22-11)23-13-6-10(20)9(19)5-12(13)21-16/h2-6H,1H3,(H,22,23). The van der Waals surface area contributed by atoms with Crippen LogP contribution in [0, 0.1) is 6.92 Å². The first-order valence-corrected chi connectivity index (χ1v) is 8.28. The molecule has 0 radical (unpaired) electrons. The highest BCUT2D eigenvalue weighted by atomic mass is 35.5. The summed E-state index contributed by atoms with van der Waals surface area (Å²) in [6.45, 7) is 1.88. The topological polar surface area (TPSA) is 71.8 Å². The number of aromatic amines is 1. The average Bonchev–Trinajstić information content (AvgIpc) is 2.91. The monoisotopic (exact) mass is 369 g/mol. The van der Waals surface area contributed by atoms with Crippen molar-refractivity contribution in [2.24, 2.45) is 0 Å². The van der Waals surface area contributed by atoms with Crippen LogP contribution in [0.2, 0.25) is 10.0 Å². The van der Waals surface area contributed by atoms with Gasteiger partial charge in [-0.3, -0.25) is 0 Å². The zero-order valence-corrected chi connectivity index (χ0v) is 14.4. The van der Waals surface area contributed by atoms with Gasteiger partial charge in [0.15, 0.2) is 5.65 Å². The molecule has 0 saturated carbocycles. The third-order valence-corrected chi connectivity index (χ3v) is 5.04. The summed E-state index contributed by atoms with van der Waals surface area (Å²) in [4.78, 5) is 24.3. The summed E-state index contributed by atoms with van der Waals surface area (Å²) in [6.07, 6.45) is 0. The molecule has 0 saturated heterocycles. The Morgan fingerprint density at radius 1 is 1.04 bits per heavy atom. The fourth-order valence-corrected chi connectivity index (χ4v) is 3.48. The molecule has 0 fully saturated rings. The Labute approximate surface area is 150 Å². The number of nitrogens with one attached hydrogen (secondary N) is 1. The summed E-state index contributed by atoms with van der Waals surface area (Å²) in [5.41, 5.74) is 4.23.